The van der Waals surface area contributed by atoms with Gasteiger partial charge < -0.3 is 4.57 Å². The van der Waals surface area contributed by atoms with Crippen LogP contribution in [0.4, 0.5) is 0 Å². The van der Waals surface area contributed by atoms with E-state index in [9.17, 15) is 0 Å². The van der Waals surface area contributed by atoms with E-state index < -0.39 is 0 Å². The third-order valence-electron chi connectivity index (χ3n) is 4.48. The van der Waals surface area contributed by atoms with Crippen molar-refractivity contribution in [3.05, 3.63) is 69.4 Å². The molecule has 0 bridgehead atoms. The SMILES string of the molecule is [N-]=[N+]=NCC(CCCn1c2ccccc2c2ccccc21)CN=[N+]=[N-]. The average molecular weight is 333 g/mol. The van der Waals surface area contributed by atoms with Crippen LogP contribution < -0.4 is 0 Å². The molecule has 7 heteroatoms. The number of azide groups is 2. The lowest BCUT2D eigenvalue weighted by atomic mass is 10.0. The third kappa shape index (κ3) is 3.69. The van der Waals surface area contributed by atoms with Crippen LogP contribution in [0.15, 0.2) is 58.8 Å². The van der Waals surface area contributed by atoms with Crippen molar-refractivity contribution < 1.29 is 0 Å². The summed E-state index contributed by atoms with van der Waals surface area (Å²) >= 11 is 0. The summed E-state index contributed by atoms with van der Waals surface area (Å²) in [6, 6.07) is 16.8. The summed E-state index contributed by atoms with van der Waals surface area (Å²) in [5.74, 6) is 0.0832. The fourth-order valence-electron chi connectivity index (χ4n) is 3.33. The van der Waals surface area contributed by atoms with Crippen LogP contribution in [0.1, 0.15) is 12.8 Å². The van der Waals surface area contributed by atoms with E-state index in [0.29, 0.717) is 13.1 Å². The highest BCUT2D eigenvalue weighted by atomic mass is 15.1. The third-order valence-corrected chi connectivity index (χ3v) is 4.48. The number of aromatic nitrogens is 1. The Labute approximate surface area is 145 Å². The Kier molecular flexibility index (Phi) is 5.42. The van der Waals surface area contributed by atoms with E-state index in [-0.39, 0.29) is 5.92 Å². The van der Waals surface area contributed by atoms with Crippen molar-refractivity contribution in [3.63, 3.8) is 0 Å². The predicted octanol–water partition coefficient (Wildman–Crippen LogP) is 5.81. The predicted molar refractivity (Wildman–Crippen MR) is 100 cm³/mol. The molecule has 0 aliphatic carbocycles. The Balaban J connectivity index is 1.80. The van der Waals surface area contributed by atoms with Crippen molar-refractivity contribution in [3.8, 4) is 0 Å². The van der Waals surface area contributed by atoms with Crippen LogP contribution in [-0.4, -0.2) is 17.7 Å². The molecule has 2 aromatic carbocycles. The van der Waals surface area contributed by atoms with Gasteiger partial charge in [0.1, 0.15) is 0 Å². The number of benzene rings is 2. The van der Waals surface area contributed by atoms with Gasteiger partial charge in [-0.2, -0.15) is 0 Å². The van der Waals surface area contributed by atoms with Crippen molar-refractivity contribution in [2.24, 2.45) is 16.1 Å². The highest BCUT2D eigenvalue weighted by molar-refractivity contribution is 6.07. The number of aryl methyl sites for hydroxylation is 1. The zero-order chi connectivity index (χ0) is 17.5. The molecule has 0 N–H and O–H groups in total. The molecule has 3 aromatic rings. The minimum atomic E-state index is 0.0832. The molecule has 0 aliphatic rings. The van der Waals surface area contributed by atoms with E-state index in [1.165, 1.54) is 21.8 Å². The van der Waals surface area contributed by atoms with Crippen LogP contribution >= 0.6 is 0 Å². The second-order valence-electron chi connectivity index (χ2n) is 6.02. The topological polar surface area (TPSA) is 102 Å². The molecule has 0 fully saturated rings. The van der Waals surface area contributed by atoms with Crippen LogP contribution in [0.3, 0.4) is 0 Å². The monoisotopic (exact) mass is 333 g/mol. The summed E-state index contributed by atoms with van der Waals surface area (Å²) in [5, 5.41) is 9.79. The van der Waals surface area contributed by atoms with Crippen LogP contribution in [0, 0.1) is 5.92 Å². The standard InChI is InChI=1S/C18H19N7/c19-23-21-12-14(13-22-24-20)6-5-11-25-17-9-3-1-7-15(17)16-8-2-4-10-18(16)25/h1-4,7-10,14H,5-6,11-13H2. The molecule has 3 rings (SSSR count). The van der Waals surface area contributed by atoms with Gasteiger partial charge in [0.2, 0.25) is 0 Å². The summed E-state index contributed by atoms with van der Waals surface area (Å²) in [7, 11) is 0. The van der Waals surface area contributed by atoms with Gasteiger partial charge in [0, 0.05) is 51.3 Å². The first kappa shape index (κ1) is 16.7. The van der Waals surface area contributed by atoms with Gasteiger partial charge >= 0.3 is 0 Å². The van der Waals surface area contributed by atoms with Crippen molar-refractivity contribution in [2.75, 3.05) is 13.1 Å². The summed E-state index contributed by atoms with van der Waals surface area (Å²) < 4.78 is 2.34. The van der Waals surface area contributed by atoms with Gasteiger partial charge in [0.15, 0.2) is 0 Å². The van der Waals surface area contributed by atoms with Gasteiger partial charge in [0.25, 0.3) is 0 Å². The molecule has 0 saturated heterocycles. The quantitative estimate of drug-likeness (QED) is 0.282. The first-order chi connectivity index (χ1) is 12.3. The van der Waals surface area contributed by atoms with Crippen molar-refractivity contribution in [1.29, 1.82) is 0 Å². The molecule has 0 atom stereocenters. The molecular weight excluding hydrogens is 314 g/mol. The smallest absolute Gasteiger partial charge is 0.0491 e. The minimum Gasteiger partial charge on any atom is -0.340 e. The van der Waals surface area contributed by atoms with E-state index >= 15 is 0 Å². The molecule has 25 heavy (non-hydrogen) atoms. The molecule has 1 heterocycles. The average Bonchev–Trinajstić information content (AvgIpc) is 2.98. The lowest BCUT2D eigenvalue weighted by Crippen LogP contribution is -2.10. The highest BCUT2D eigenvalue weighted by Gasteiger charge is 2.11. The van der Waals surface area contributed by atoms with Crippen LogP contribution in [-0.2, 0) is 6.54 Å². The van der Waals surface area contributed by atoms with Gasteiger partial charge in [-0.15, -0.1) is 0 Å². The molecule has 7 nitrogen and oxygen atoms in total. The Hall–Kier alpha value is -3.14. The first-order valence-corrected chi connectivity index (χ1v) is 8.33. The number of hydrogen-bond donors (Lipinski definition) is 0. The lowest BCUT2D eigenvalue weighted by Gasteiger charge is -2.13. The van der Waals surface area contributed by atoms with Crippen molar-refractivity contribution in [2.45, 2.75) is 19.4 Å². The second kappa shape index (κ2) is 8.11. The Bertz CT molecular complexity index is 889. The lowest BCUT2D eigenvalue weighted by molar-refractivity contribution is 0.468. The fraction of sp³-hybridized carbons (Fsp3) is 0.333. The van der Waals surface area contributed by atoms with Gasteiger partial charge in [-0.3, -0.25) is 0 Å². The van der Waals surface area contributed by atoms with Gasteiger partial charge in [-0.1, -0.05) is 46.6 Å². The largest absolute Gasteiger partial charge is 0.340 e. The highest BCUT2D eigenvalue weighted by Crippen LogP contribution is 2.29. The van der Waals surface area contributed by atoms with E-state index in [0.717, 1.165) is 19.4 Å². The number of rotatable bonds is 8. The van der Waals surface area contributed by atoms with Gasteiger partial charge in [-0.05, 0) is 42.0 Å². The minimum absolute atomic E-state index is 0.0832. The second-order valence-corrected chi connectivity index (χ2v) is 6.02. The van der Waals surface area contributed by atoms with Gasteiger partial charge in [-0.25, -0.2) is 0 Å². The van der Waals surface area contributed by atoms with E-state index in [1.54, 1.807) is 0 Å². The van der Waals surface area contributed by atoms with Crippen LogP contribution in [0.25, 0.3) is 42.7 Å². The molecule has 1 aromatic heterocycles. The fourth-order valence-corrected chi connectivity index (χ4v) is 3.33. The van der Waals surface area contributed by atoms with E-state index in [2.05, 4.69) is 73.1 Å². The molecule has 126 valence electrons. The van der Waals surface area contributed by atoms with Crippen molar-refractivity contribution >= 4 is 21.8 Å². The summed E-state index contributed by atoms with van der Waals surface area (Å²) in [4.78, 5) is 5.62. The Morgan fingerprint density at radius 2 is 1.36 bits per heavy atom. The van der Waals surface area contributed by atoms with E-state index in [1.807, 2.05) is 0 Å². The molecule has 0 radical (unpaired) electrons. The van der Waals surface area contributed by atoms with Gasteiger partial charge in [0.05, 0.1) is 0 Å². The normalized spacial score (nSPS) is 11.8. The number of para-hydroxylation sites is 2. The molecule has 0 aliphatic heterocycles. The number of fused-ring (bicyclic) bond motifs is 3. The number of nitrogens with zero attached hydrogens (tertiary/aromatic N) is 7. The number of hydrogen-bond acceptors (Lipinski definition) is 2. The molecule has 0 spiro atoms. The summed E-state index contributed by atoms with van der Waals surface area (Å²) in [6.45, 7) is 1.60. The summed E-state index contributed by atoms with van der Waals surface area (Å²) in [5.41, 5.74) is 19.5. The Morgan fingerprint density at radius 3 is 1.88 bits per heavy atom. The first-order valence-electron chi connectivity index (χ1n) is 8.33. The molecule has 0 unspecified atom stereocenters. The zero-order valence-corrected chi connectivity index (χ0v) is 13.9. The van der Waals surface area contributed by atoms with Crippen LogP contribution in [0.2, 0.25) is 0 Å². The maximum atomic E-state index is 8.50. The maximum absolute atomic E-state index is 8.50. The Morgan fingerprint density at radius 1 is 0.840 bits per heavy atom. The zero-order valence-electron chi connectivity index (χ0n) is 13.9. The molecule has 0 amide bonds. The van der Waals surface area contributed by atoms with Crippen LogP contribution in [0.5, 0.6) is 0 Å². The maximum Gasteiger partial charge on any atom is 0.0491 e. The van der Waals surface area contributed by atoms with Crippen molar-refractivity contribution in [1.82, 2.24) is 4.57 Å². The molecule has 0 saturated carbocycles. The van der Waals surface area contributed by atoms with E-state index in [4.69, 9.17) is 11.1 Å². The molecular formula is C18H19N7. The summed E-state index contributed by atoms with van der Waals surface area (Å²) in [6.07, 6.45) is 1.77.